The van der Waals surface area contributed by atoms with E-state index in [0.717, 1.165) is 30.4 Å². The first-order valence-corrected chi connectivity index (χ1v) is 7.70. The Hall–Kier alpha value is -1.07. The minimum Gasteiger partial charge on any atom is -0.496 e. The summed E-state index contributed by atoms with van der Waals surface area (Å²) in [4.78, 5) is 14.5. The average molecular weight is 341 g/mol. The fraction of sp³-hybridized carbons (Fsp3) is 0.533. The van der Waals surface area contributed by atoms with Gasteiger partial charge in [0.2, 0.25) is 0 Å². The molecule has 0 radical (unpaired) electrons. The molecule has 2 N–H and O–H groups in total. The van der Waals surface area contributed by atoms with Crippen LogP contribution in [-0.2, 0) is 0 Å². The Bertz CT molecular complexity index is 491. The highest BCUT2D eigenvalue weighted by Gasteiger charge is 2.27. The third-order valence-corrected chi connectivity index (χ3v) is 4.38. The fourth-order valence-corrected chi connectivity index (χ4v) is 2.98. The van der Waals surface area contributed by atoms with Gasteiger partial charge in [0.1, 0.15) is 5.75 Å². The number of hydrogen-bond donors (Lipinski definition) is 1. The molecule has 20 heavy (non-hydrogen) atoms. The van der Waals surface area contributed by atoms with Crippen LogP contribution in [-0.4, -0.2) is 37.0 Å². The maximum absolute atomic E-state index is 12.6. The van der Waals surface area contributed by atoms with Crippen LogP contribution in [0.15, 0.2) is 22.7 Å². The first-order chi connectivity index (χ1) is 9.52. The normalized spacial score (nSPS) is 20.6. The van der Waals surface area contributed by atoms with Crippen molar-refractivity contribution in [2.45, 2.75) is 25.8 Å². The van der Waals surface area contributed by atoms with Crippen molar-refractivity contribution in [3.05, 3.63) is 28.2 Å². The lowest BCUT2D eigenvalue weighted by molar-refractivity contribution is 0.0657. The molecule has 4 nitrogen and oxygen atoms in total. The lowest BCUT2D eigenvalue weighted by Crippen LogP contribution is -2.45. The summed E-state index contributed by atoms with van der Waals surface area (Å²) in [6.45, 7) is 3.54. The second kappa shape index (κ2) is 6.59. The molecule has 2 unspecified atom stereocenters. The topological polar surface area (TPSA) is 55.6 Å². The molecule has 1 saturated heterocycles. The molecular formula is C15H21BrN2O2. The van der Waals surface area contributed by atoms with E-state index in [-0.39, 0.29) is 11.9 Å². The second-order valence-electron chi connectivity index (χ2n) is 5.36. The van der Waals surface area contributed by atoms with Crippen molar-refractivity contribution in [3.63, 3.8) is 0 Å². The molecule has 1 aliphatic rings. The molecule has 2 rings (SSSR count). The maximum Gasteiger partial charge on any atom is 0.257 e. The molecule has 0 saturated carbocycles. The molecule has 0 aromatic heterocycles. The standard InChI is InChI=1S/C15H21BrN2O2/c1-10(17)11-4-3-7-18(9-11)15(19)13-6-5-12(16)8-14(13)20-2/h5-6,8,10-11H,3-4,7,9,17H2,1-2H3. The number of nitrogens with zero attached hydrogens (tertiary/aromatic N) is 1. The van der Waals surface area contributed by atoms with Crippen LogP contribution in [0, 0.1) is 5.92 Å². The molecule has 110 valence electrons. The Morgan fingerprint density at radius 1 is 1.55 bits per heavy atom. The van der Waals surface area contributed by atoms with E-state index in [9.17, 15) is 4.79 Å². The Morgan fingerprint density at radius 3 is 2.95 bits per heavy atom. The molecule has 1 aliphatic heterocycles. The summed E-state index contributed by atoms with van der Waals surface area (Å²) in [5, 5.41) is 0. The van der Waals surface area contributed by atoms with Gasteiger partial charge in [0, 0.05) is 23.6 Å². The van der Waals surface area contributed by atoms with E-state index in [0.29, 0.717) is 17.2 Å². The Balaban J connectivity index is 2.18. The largest absolute Gasteiger partial charge is 0.496 e. The average Bonchev–Trinajstić information content (AvgIpc) is 2.46. The van der Waals surface area contributed by atoms with Crippen molar-refractivity contribution in [2.24, 2.45) is 11.7 Å². The summed E-state index contributed by atoms with van der Waals surface area (Å²) in [7, 11) is 1.58. The smallest absolute Gasteiger partial charge is 0.257 e. The van der Waals surface area contributed by atoms with E-state index >= 15 is 0 Å². The number of amides is 1. The fourth-order valence-electron chi connectivity index (χ4n) is 2.64. The summed E-state index contributed by atoms with van der Waals surface area (Å²) in [6, 6.07) is 5.61. The summed E-state index contributed by atoms with van der Waals surface area (Å²) in [5.41, 5.74) is 6.59. The molecule has 0 spiro atoms. The lowest BCUT2D eigenvalue weighted by Gasteiger charge is -2.34. The molecule has 0 bridgehead atoms. The van der Waals surface area contributed by atoms with E-state index in [1.807, 2.05) is 24.0 Å². The number of halogens is 1. The van der Waals surface area contributed by atoms with Gasteiger partial charge in [-0.25, -0.2) is 0 Å². The van der Waals surface area contributed by atoms with E-state index in [2.05, 4.69) is 15.9 Å². The molecule has 1 amide bonds. The quantitative estimate of drug-likeness (QED) is 0.920. The van der Waals surface area contributed by atoms with Gasteiger partial charge < -0.3 is 15.4 Å². The van der Waals surface area contributed by atoms with Gasteiger partial charge in [-0.3, -0.25) is 4.79 Å². The van der Waals surface area contributed by atoms with Crippen LogP contribution in [0.1, 0.15) is 30.1 Å². The minimum absolute atomic E-state index is 0.0275. The molecular weight excluding hydrogens is 320 g/mol. The summed E-state index contributed by atoms with van der Waals surface area (Å²) >= 11 is 3.39. The molecule has 1 fully saturated rings. The van der Waals surface area contributed by atoms with E-state index in [1.54, 1.807) is 13.2 Å². The number of carbonyl (C=O) groups excluding carboxylic acids is 1. The highest BCUT2D eigenvalue weighted by molar-refractivity contribution is 9.10. The molecule has 1 aromatic rings. The third kappa shape index (κ3) is 3.33. The number of ether oxygens (including phenoxy) is 1. The van der Waals surface area contributed by atoms with Crippen LogP contribution in [0.3, 0.4) is 0 Å². The van der Waals surface area contributed by atoms with Crippen molar-refractivity contribution in [1.29, 1.82) is 0 Å². The van der Waals surface area contributed by atoms with Crippen molar-refractivity contribution in [3.8, 4) is 5.75 Å². The van der Waals surface area contributed by atoms with Crippen LogP contribution >= 0.6 is 15.9 Å². The van der Waals surface area contributed by atoms with Crippen molar-refractivity contribution in [1.82, 2.24) is 4.90 Å². The number of likely N-dealkylation sites (tertiary alicyclic amines) is 1. The predicted molar refractivity (Wildman–Crippen MR) is 83.0 cm³/mol. The van der Waals surface area contributed by atoms with Gasteiger partial charge in [0.05, 0.1) is 12.7 Å². The first-order valence-electron chi connectivity index (χ1n) is 6.91. The van der Waals surface area contributed by atoms with Gasteiger partial charge in [-0.2, -0.15) is 0 Å². The maximum atomic E-state index is 12.6. The highest BCUT2D eigenvalue weighted by Crippen LogP contribution is 2.27. The Labute approximate surface area is 128 Å². The number of rotatable bonds is 3. The highest BCUT2D eigenvalue weighted by atomic mass is 79.9. The number of hydrogen-bond acceptors (Lipinski definition) is 3. The summed E-state index contributed by atoms with van der Waals surface area (Å²) in [5.74, 6) is 1.01. The van der Waals surface area contributed by atoms with E-state index in [1.165, 1.54) is 0 Å². The molecule has 5 heteroatoms. The van der Waals surface area contributed by atoms with E-state index < -0.39 is 0 Å². The van der Waals surface area contributed by atoms with Crippen LogP contribution in [0.4, 0.5) is 0 Å². The van der Waals surface area contributed by atoms with Gasteiger partial charge in [0.25, 0.3) is 5.91 Å². The van der Waals surface area contributed by atoms with E-state index in [4.69, 9.17) is 10.5 Å². The molecule has 1 heterocycles. The van der Waals surface area contributed by atoms with Gasteiger partial charge in [0.15, 0.2) is 0 Å². The van der Waals surface area contributed by atoms with Crippen molar-refractivity contribution < 1.29 is 9.53 Å². The number of methoxy groups -OCH3 is 1. The second-order valence-corrected chi connectivity index (χ2v) is 6.27. The van der Waals surface area contributed by atoms with Crippen LogP contribution < -0.4 is 10.5 Å². The van der Waals surface area contributed by atoms with Gasteiger partial charge in [-0.05, 0) is 43.9 Å². The minimum atomic E-state index is 0.0275. The zero-order chi connectivity index (χ0) is 14.7. The van der Waals surface area contributed by atoms with Crippen LogP contribution in [0.5, 0.6) is 5.75 Å². The predicted octanol–water partition coefficient (Wildman–Crippen LogP) is 2.66. The summed E-state index contributed by atoms with van der Waals surface area (Å²) in [6.07, 6.45) is 2.11. The zero-order valence-electron chi connectivity index (χ0n) is 11.9. The Morgan fingerprint density at radius 2 is 2.30 bits per heavy atom. The number of benzene rings is 1. The molecule has 0 aliphatic carbocycles. The monoisotopic (exact) mass is 340 g/mol. The zero-order valence-corrected chi connectivity index (χ0v) is 13.5. The lowest BCUT2D eigenvalue weighted by atomic mass is 9.92. The van der Waals surface area contributed by atoms with Gasteiger partial charge in [-0.1, -0.05) is 15.9 Å². The first kappa shape index (κ1) is 15.3. The number of nitrogens with two attached hydrogens (primary N) is 1. The van der Waals surface area contributed by atoms with Gasteiger partial charge in [-0.15, -0.1) is 0 Å². The van der Waals surface area contributed by atoms with Crippen LogP contribution in [0.2, 0.25) is 0 Å². The number of carbonyl (C=O) groups is 1. The third-order valence-electron chi connectivity index (χ3n) is 3.88. The number of piperidine rings is 1. The Kier molecular flexibility index (Phi) is 5.05. The SMILES string of the molecule is COc1cc(Br)ccc1C(=O)N1CCCC(C(C)N)C1. The molecule has 1 aromatic carbocycles. The molecule has 2 atom stereocenters. The van der Waals surface area contributed by atoms with Crippen molar-refractivity contribution >= 4 is 21.8 Å². The van der Waals surface area contributed by atoms with Crippen LogP contribution in [0.25, 0.3) is 0 Å². The summed E-state index contributed by atoms with van der Waals surface area (Å²) < 4.78 is 6.21. The van der Waals surface area contributed by atoms with Gasteiger partial charge >= 0.3 is 0 Å². The van der Waals surface area contributed by atoms with Crippen molar-refractivity contribution in [2.75, 3.05) is 20.2 Å².